The summed E-state index contributed by atoms with van der Waals surface area (Å²) in [6, 6.07) is 13.7. The van der Waals surface area contributed by atoms with E-state index in [0.717, 1.165) is 5.69 Å². The third-order valence-electron chi connectivity index (χ3n) is 7.87. The molecule has 1 aromatic heterocycles. The summed E-state index contributed by atoms with van der Waals surface area (Å²) in [5.41, 5.74) is 8.26. The lowest BCUT2D eigenvalue weighted by atomic mass is 9.59. The molecule has 0 saturated heterocycles. The molecule has 4 rings (SSSR count). The summed E-state index contributed by atoms with van der Waals surface area (Å²) in [5, 5.41) is 2.56. The SMILES string of the molecule is Cc1cc(C)cc(-c2nccc3cc4c(cc23)C(C)(C)C(C)(C)C4(C)C)c1. The van der Waals surface area contributed by atoms with Crippen molar-refractivity contribution < 1.29 is 0 Å². The molecule has 0 unspecified atom stereocenters. The highest BCUT2D eigenvalue weighted by atomic mass is 14.7. The standard InChI is InChI=1S/C26H31N/c1-16-11-17(2)13-19(12-16)23-20-15-22-21(14-18(20)9-10-27-23)24(3,4)26(7,8)25(22,5)6/h9-15H,1-8H3. The Hall–Kier alpha value is -2.15. The molecule has 0 fully saturated rings. The van der Waals surface area contributed by atoms with E-state index in [1.807, 2.05) is 6.20 Å². The first-order chi connectivity index (χ1) is 12.5. The highest BCUT2D eigenvalue weighted by Crippen LogP contribution is 2.62. The van der Waals surface area contributed by atoms with Crippen molar-refractivity contribution in [3.8, 4) is 11.3 Å². The minimum absolute atomic E-state index is 0.107. The van der Waals surface area contributed by atoms with Crippen molar-refractivity contribution >= 4 is 10.8 Å². The monoisotopic (exact) mass is 357 g/mol. The van der Waals surface area contributed by atoms with E-state index < -0.39 is 0 Å². The zero-order valence-corrected chi connectivity index (χ0v) is 18.0. The van der Waals surface area contributed by atoms with Crippen molar-refractivity contribution in [3.05, 3.63) is 64.8 Å². The first kappa shape index (κ1) is 18.2. The Balaban J connectivity index is 2.06. The minimum Gasteiger partial charge on any atom is -0.256 e. The Morgan fingerprint density at radius 1 is 0.704 bits per heavy atom. The number of rotatable bonds is 1. The maximum atomic E-state index is 4.81. The van der Waals surface area contributed by atoms with Gasteiger partial charge >= 0.3 is 0 Å². The summed E-state index contributed by atoms with van der Waals surface area (Å²) in [6.07, 6.45) is 1.96. The van der Waals surface area contributed by atoms with Gasteiger partial charge in [0.05, 0.1) is 5.69 Å². The van der Waals surface area contributed by atoms with Crippen LogP contribution in [0.1, 0.15) is 63.8 Å². The van der Waals surface area contributed by atoms with Crippen molar-refractivity contribution in [1.29, 1.82) is 0 Å². The quantitative estimate of drug-likeness (QED) is 0.452. The molecule has 140 valence electrons. The fourth-order valence-corrected chi connectivity index (χ4v) is 5.05. The number of aromatic nitrogens is 1. The third kappa shape index (κ3) is 2.33. The molecule has 0 atom stereocenters. The Labute approximate surface area is 163 Å². The molecular formula is C26H31N. The molecule has 1 heteroatoms. The topological polar surface area (TPSA) is 12.9 Å². The van der Waals surface area contributed by atoms with Crippen LogP contribution in [0, 0.1) is 19.3 Å². The molecule has 0 saturated carbocycles. The molecule has 1 heterocycles. The number of nitrogens with zero attached hydrogens (tertiary/aromatic N) is 1. The summed E-state index contributed by atoms with van der Waals surface area (Å²) in [5.74, 6) is 0. The van der Waals surface area contributed by atoms with Crippen LogP contribution < -0.4 is 0 Å². The lowest BCUT2D eigenvalue weighted by Gasteiger charge is -2.44. The normalized spacial score (nSPS) is 19.3. The van der Waals surface area contributed by atoms with Crippen molar-refractivity contribution in [3.63, 3.8) is 0 Å². The van der Waals surface area contributed by atoms with Crippen LogP contribution in [0.5, 0.6) is 0 Å². The molecule has 2 aromatic carbocycles. The van der Waals surface area contributed by atoms with Crippen LogP contribution in [0.15, 0.2) is 42.6 Å². The lowest BCUT2D eigenvalue weighted by Crippen LogP contribution is -2.42. The lowest BCUT2D eigenvalue weighted by molar-refractivity contribution is 0.125. The molecule has 1 nitrogen and oxygen atoms in total. The molecule has 3 aromatic rings. The summed E-state index contributed by atoms with van der Waals surface area (Å²) in [7, 11) is 0. The maximum absolute atomic E-state index is 4.81. The second-order valence-corrected chi connectivity index (χ2v) is 10.0. The number of hydrogen-bond donors (Lipinski definition) is 0. The predicted octanol–water partition coefficient (Wildman–Crippen LogP) is 7.11. The van der Waals surface area contributed by atoms with Gasteiger partial charge in [-0.05, 0) is 70.9 Å². The van der Waals surface area contributed by atoms with E-state index in [0.29, 0.717) is 0 Å². The minimum atomic E-state index is 0.107. The van der Waals surface area contributed by atoms with Gasteiger partial charge in [0.2, 0.25) is 0 Å². The summed E-state index contributed by atoms with van der Waals surface area (Å²) < 4.78 is 0. The molecule has 0 amide bonds. The molecule has 0 spiro atoms. The van der Waals surface area contributed by atoms with Crippen LogP contribution in [0.2, 0.25) is 0 Å². The number of pyridine rings is 1. The molecule has 0 N–H and O–H groups in total. The highest BCUT2D eigenvalue weighted by Gasteiger charge is 2.56. The number of hydrogen-bond acceptors (Lipinski definition) is 1. The summed E-state index contributed by atoms with van der Waals surface area (Å²) in [4.78, 5) is 4.81. The largest absolute Gasteiger partial charge is 0.256 e. The zero-order chi connectivity index (χ0) is 19.8. The Bertz CT molecular complexity index is 1050. The van der Waals surface area contributed by atoms with Crippen molar-refractivity contribution in [2.24, 2.45) is 5.41 Å². The van der Waals surface area contributed by atoms with Crippen LogP contribution in [0.4, 0.5) is 0 Å². The fraction of sp³-hybridized carbons (Fsp3) is 0.423. The summed E-state index contributed by atoms with van der Waals surface area (Å²) >= 11 is 0. The molecule has 1 aliphatic rings. The van der Waals surface area contributed by atoms with Gasteiger partial charge in [0, 0.05) is 17.1 Å². The van der Waals surface area contributed by atoms with Gasteiger partial charge in [-0.2, -0.15) is 0 Å². The van der Waals surface area contributed by atoms with Gasteiger partial charge < -0.3 is 0 Å². The fourth-order valence-electron chi connectivity index (χ4n) is 5.05. The second-order valence-electron chi connectivity index (χ2n) is 10.0. The van der Waals surface area contributed by atoms with E-state index in [4.69, 9.17) is 4.98 Å². The van der Waals surface area contributed by atoms with Gasteiger partial charge in [-0.1, -0.05) is 64.8 Å². The van der Waals surface area contributed by atoms with Crippen LogP contribution in [0.25, 0.3) is 22.0 Å². The Morgan fingerprint density at radius 3 is 1.85 bits per heavy atom. The van der Waals surface area contributed by atoms with E-state index in [-0.39, 0.29) is 16.2 Å². The van der Waals surface area contributed by atoms with Gasteiger partial charge in [0.15, 0.2) is 0 Å². The third-order valence-corrected chi connectivity index (χ3v) is 7.87. The first-order valence-corrected chi connectivity index (χ1v) is 9.99. The van der Waals surface area contributed by atoms with Crippen LogP contribution in [0.3, 0.4) is 0 Å². The van der Waals surface area contributed by atoms with Crippen molar-refractivity contribution in [2.75, 3.05) is 0 Å². The van der Waals surface area contributed by atoms with Gasteiger partial charge in [-0.15, -0.1) is 0 Å². The second kappa shape index (κ2) is 5.44. The van der Waals surface area contributed by atoms with Gasteiger partial charge in [0.1, 0.15) is 0 Å². The Kier molecular flexibility index (Phi) is 3.67. The zero-order valence-electron chi connectivity index (χ0n) is 18.0. The number of fused-ring (bicyclic) bond motifs is 2. The molecule has 27 heavy (non-hydrogen) atoms. The maximum Gasteiger partial charge on any atom is 0.0780 e. The van der Waals surface area contributed by atoms with Crippen LogP contribution >= 0.6 is 0 Å². The van der Waals surface area contributed by atoms with E-state index in [1.54, 1.807) is 0 Å². The van der Waals surface area contributed by atoms with E-state index in [1.165, 1.54) is 38.6 Å². The molecule has 0 radical (unpaired) electrons. The van der Waals surface area contributed by atoms with Gasteiger partial charge in [-0.3, -0.25) is 4.98 Å². The van der Waals surface area contributed by atoms with Crippen molar-refractivity contribution in [1.82, 2.24) is 4.98 Å². The van der Waals surface area contributed by atoms with Crippen molar-refractivity contribution in [2.45, 2.75) is 66.2 Å². The predicted molar refractivity (Wildman–Crippen MR) is 116 cm³/mol. The Morgan fingerprint density at radius 2 is 1.26 bits per heavy atom. The molecule has 0 aliphatic heterocycles. The average molecular weight is 358 g/mol. The summed E-state index contributed by atoms with van der Waals surface area (Å²) in [6.45, 7) is 18.8. The first-order valence-electron chi connectivity index (χ1n) is 9.99. The van der Waals surface area contributed by atoms with Crippen LogP contribution in [-0.4, -0.2) is 4.98 Å². The number of benzene rings is 2. The molecule has 1 aliphatic carbocycles. The van der Waals surface area contributed by atoms with E-state index >= 15 is 0 Å². The number of aryl methyl sites for hydroxylation is 2. The van der Waals surface area contributed by atoms with E-state index in [2.05, 4.69) is 91.8 Å². The molecule has 0 bridgehead atoms. The van der Waals surface area contributed by atoms with Crippen LogP contribution in [-0.2, 0) is 10.8 Å². The van der Waals surface area contributed by atoms with E-state index in [9.17, 15) is 0 Å². The average Bonchev–Trinajstić information content (AvgIpc) is 2.67. The molecular weight excluding hydrogens is 326 g/mol. The smallest absolute Gasteiger partial charge is 0.0780 e. The van der Waals surface area contributed by atoms with Gasteiger partial charge in [-0.25, -0.2) is 0 Å². The van der Waals surface area contributed by atoms with Gasteiger partial charge in [0.25, 0.3) is 0 Å². The highest BCUT2D eigenvalue weighted by molar-refractivity contribution is 5.96.